The minimum atomic E-state index is -1.17. The number of halogens is 1. The van der Waals surface area contributed by atoms with E-state index < -0.39 is 11.9 Å². The molecule has 0 radical (unpaired) electrons. The van der Waals surface area contributed by atoms with E-state index >= 15 is 0 Å². The van der Waals surface area contributed by atoms with Crippen molar-refractivity contribution in [2.45, 2.75) is 0 Å². The minimum Gasteiger partial charge on any atom is -0.477 e. The van der Waals surface area contributed by atoms with Gasteiger partial charge in [-0.15, -0.1) is 0 Å². The number of rotatable bonds is 3. The van der Waals surface area contributed by atoms with Crippen LogP contribution in [0.2, 0.25) is 5.02 Å². The lowest BCUT2D eigenvalue weighted by molar-refractivity contribution is 0.0690. The fourth-order valence-electron chi connectivity index (χ4n) is 1.35. The van der Waals surface area contributed by atoms with Gasteiger partial charge in [-0.25, -0.2) is 9.78 Å². The normalized spacial score (nSPS) is 9.95. The molecule has 2 rings (SSSR count). The number of nitrogens with zero attached hydrogens (tertiary/aromatic N) is 2. The number of aromatic carboxylic acids is 1. The quantitative estimate of drug-likeness (QED) is 0.896. The molecule has 0 aliphatic carbocycles. The molecule has 0 atom stereocenters. The Kier molecular flexibility index (Phi) is 3.72. The van der Waals surface area contributed by atoms with Gasteiger partial charge in [0.25, 0.3) is 5.91 Å². The van der Waals surface area contributed by atoms with Gasteiger partial charge in [0, 0.05) is 23.1 Å². The molecule has 2 heterocycles. The number of hydrogen-bond donors (Lipinski definition) is 2. The third kappa shape index (κ3) is 3.26. The van der Waals surface area contributed by atoms with Gasteiger partial charge in [0.15, 0.2) is 0 Å². The molecule has 0 spiro atoms. The van der Waals surface area contributed by atoms with Gasteiger partial charge in [0.1, 0.15) is 11.4 Å². The van der Waals surface area contributed by atoms with Crippen molar-refractivity contribution in [3.63, 3.8) is 0 Å². The Labute approximate surface area is 113 Å². The van der Waals surface area contributed by atoms with Crippen molar-refractivity contribution in [2.75, 3.05) is 5.32 Å². The van der Waals surface area contributed by atoms with Gasteiger partial charge in [0.2, 0.25) is 0 Å². The van der Waals surface area contributed by atoms with Crippen molar-refractivity contribution in [2.24, 2.45) is 0 Å². The first-order valence-electron chi connectivity index (χ1n) is 5.18. The number of carbonyl (C=O) groups excluding carboxylic acids is 1. The second-order valence-electron chi connectivity index (χ2n) is 3.55. The third-order valence-corrected chi connectivity index (χ3v) is 2.43. The van der Waals surface area contributed by atoms with E-state index in [0.717, 1.165) is 0 Å². The van der Waals surface area contributed by atoms with E-state index in [1.807, 2.05) is 0 Å². The average molecular weight is 278 g/mol. The molecule has 0 saturated heterocycles. The van der Waals surface area contributed by atoms with Crippen molar-refractivity contribution >= 4 is 29.2 Å². The molecule has 2 aromatic heterocycles. The van der Waals surface area contributed by atoms with E-state index in [4.69, 9.17) is 16.7 Å². The minimum absolute atomic E-state index is 0.140. The van der Waals surface area contributed by atoms with Crippen LogP contribution in [0.4, 0.5) is 5.69 Å². The summed E-state index contributed by atoms with van der Waals surface area (Å²) in [7, 11) is 0. The van der Waals surface area contributed by atoms with Gasteiger partial charge in [-0.05, 0) is 24.3 Å². The maximum Gasteiger partial charge on any atom is 0.354 e. The second-order valence-corrected chi connectivity index (χ2v) is 3.98. The highest BCUT2D eigenvalue weighted by molar-refractivity contribution is 6.30. The van der Waals surface area contributed by atoms with E-state index in [0.29, 0.717) is 10.7 Å². The molecular formula is C12H8ClN3O3. The fraction of sp³-hybridized carbons (Fsp3) is 0. The molecule has 96 valence electrons. The summed E-state index contributed by atoms with van der Waals surface area (Å²) in [4.78, 5) is 30.1. The number of pyridine rings is 2. The van der Waals surface area contributed by atoms with Crippen LogP contribution in [0.5, 0.6) is 0 Å². The molecule has 1 amide bonds. The number of carboxylic acids is 1. The highest BCUT2D eigenvalue weighted by Gasteiger charge is 2.10. The first-order chi connectivity index (χ1) is 9.06. The summed E-state index contributed by atoms with van der Waals surface area (Å²) in [6, 6.07) is 5.70. The second kappa shape index (κ2) is 5.45. The van der Waals surface area contributed by atoms with Gasteiger partial charge in [-0.2, -0.15) is 0 Å². The summed E-state index contributed by atoms with van der Waals surface area (Å²) in [6.45, 7) is 0. The zero-order valence-electron chi connectivity index (χ0n) is 9.50. The molecular weight excluding hydrogens is 270 g/mol. The van der Waals surface area contributed by atoms with Crippen LogP contribution >= 0.6 is 11.6 Å². The third-order valence-electron chi connectivity index (χ3n) is 2.19. The number of amides is 1. The zero-order chi connectivity index (χ0) is 13.8. The summed E-state index contributed by atoms with van der Waals surface area (Å²) in [5.41, 5.74) is 0.303. The van der Waals surface area contributed by atoms with Gasteiger partial charge in [0.05, 0.1) is 0 Å². The van der Waals surface area contributed by atoms with E-state index in [1.165, 1.54) is 30.6 Å². The molecule has 2 aromatic rings. The molecule has 0 fully saturated rings. The van der Waals surface area contributed by atoms with E-state index in [-0.39, 0.29) is 11.4 Å². The summed E-state index contributed by atoms with van der Waals surface area (Å²) < 4.78 is 0. The van der Waals surface area contributed by atoms with Crippen LogP contribution in [0.1, 0.15) is 21.0 Å². The van der Waals surface area contributed by atoms with Crippen LogP contribution in [0, 0.1) is 0 Å². The number of carboxylic acid groups (broad SMARTS) is 1. The van der Waals surface area contributed by atoms with Crippen molar-refractivity contribution in [3.8, 4) is 0 Å². The lowest BCUT2D eigenvalue weighted by Gasteiger charge is -2.05. The average Bonchev–Trinajstić information content (AvgIpc) is 2.39. The van der Waals surface area contributed by atoms with Crippen molar-refractivity contribution < 1.29 is 14.7 Å². The fourth-order valence-corrected chi connectivity index (χ4v) is 1.51. The highest BCUT2D eigenvalue weighted by Crippen LogP contribution is 2.12. The molecule has 0 unspecified atom stereocenters. The largest absolute Gasteiger partial charge is 0.477 e. The van der Waals surface area contributed by atoms with Gasteiger partial charge < -0.3 is 10.4 Å². The molecule has 6 nitrogen and oxygen atoms in total. The van der Waals surface area contributed by atoms with Crippen LogP contribution in [0.3, 0.4) is 0 Å². The molecule has 0 aliphatic heterocycles. The van der Waals surface area contributed by atoms with Crippen LogP contribution in [-0.2, 0) is 0 Å². The van der Waals surface area contributed by atoms with Crippen molar-refractivity contribution in [3.05, 3.63) is 53.1 Å². The zero-order valence-corrected chi connectivity index (χ0v) is 10.3. The first kappa shape index (κ1) is 13.0. The maximum atomic E-state index is 11.8. The Morgan fingerprint density at radius 3 is 2.47 bits per heavy atom. The van der Waals surface area contributed by atoms with E-state index in [2.05, 4.69) is 15.3 Å². The lowest BCUT2D eigenvalue weighted by atomic mass is 10.3. The Bertz CT molecular complexity index is 646. The van der Waals surface area contributed by atoms with E-state index in [9.17, 15) is 9.59 Å². The number of aromatic nitrogens is 2. The van der Waals surface area contributed by atoms with Crippen molar-refractivity contribution in [1.82, 2.24) is 9.97 Å². The monoisotopic (exact) mass is 277 g/mol. The molecule has 0 aromatic carbocycles. The lowest BCUT2D eigenvalue weighted by Crippen LogP contribution is -2.14. The van der Waals surface area contributed by atoms with Gasteiger partial charge in [-0.3, -0.25) is 9.78 Å². The van der Waals surface area contributed by atoms with Gasteiger partial charge in [-0.1, -0.05) is 11.6 Å². The molecule has 0 saturated carbocycles. The predicted molar refractivity (Wildman–Crippen MR) is 68.4 cm³/mol. The number of nitrogens with one attached hydrogen (secondary N) is 1. The molecule has 0 aliphatic rings. The first-order valence-corrected chi connectivity index (χ1v) is 5.56. The topological polar surface area (TPSA) is 92.2 Å². The predicted octanol–water partition coefficient (Wildman–Crippen LogP) is 2.08. The Morgan fingerprint density at radius 2 is 1.79 bits per heavy atom. The van der Waals surface area contributed by atoms with Crippen molar-refractivity contribution in [1.29, 1.82) is 0 Å². The Hall–Kier alpha value is -2.47. The highest BCUT2D eigenvalue weighted by atomic mass is 35.5. The summed E-state index contributed by atoms with van der Waals surface area (Å²) >= 11 is 5.75. The SMILES string of the molecule is O=C(O)c1cc(NC(=O)c2cc(Cl)ccn2)ccn1. The molecule has 7 heteroatoms. The van der Waals surface area contributed by atoms with Crippen LogP contribution < -0.4 is 5.32 Å². The number of hydrogen-bond acceptors (Lipinski definition) is 4. The van der Waals surface area contributed by atoms with Crippen LogP contribution in [0.15, 0.2) is 36.7 Å². The Morgan fingerprint density at radius 1 is 1.11 bits per heavy atom. The van der Waals surface area contributed by atoms with Crippen LogP contribution in [-0.4, -0.2) is 27.0 Å². The van der Waals surface area contributed by atoms with Gasteiger partial charge >= 0.3 is 5.97 Å². The molecule has 19 heavy (non-hydrogen) atoms. The summed E-state index contributed by atoms with van der Waals surface area (Å²) in [5.74, 6) is -1.65. The summed E-state index contributed by atoms with van der Waals surface area (Å²) in [6.07, 6.45) is 2.71. The van der Waals surface area contributed by atoms with Crippen LogP contribution in [0.25, 0.3) is 0 Å². The smallest absolute Gasteiger partial charge is 0.354 e. The standard InChI is InChI=1S/C12H8ClN3O3/c13-7-1-3-14-9(5-7)11(17)16-8-2-4-15-10(6-8)12(18)19/h1-6H,(H,18,19)(H,15,16,17). The van der Waals surface area contributed by atoms with E-state index in [1.54, 1.807) is 6.07 Å². The number of carbonyl (C=O) groups is 2. The molecule has 0 bridgehead atoms. The Balaban J connectivity index is 2.19. The summed E-state index contributed by atoms with van der Waals surface area (Å²) in [5, 5.41) is 11.7. The molecule has 2 N–H and O–H groups in total. The number of anilines is 1. The maximum absolute atomic E-state index is 11.8.